The molecule has 1 N–H and O–H groups in total. The molecule has 108 valence electrons. The number of H-pyrrole nitrogens is 1. The number of hydrogen-bond acceptors (Lipinski definition) is 3. The first-order chi connectivity index (χ1) is 10.2. The number of piperidine rings is 1. The van der Waals surface area contributed by atoms with Crippen LogP contribution in [0.3, 0.4) is 0 Å². The Morgan fingerprint density at radius 3 is 2.90 bits per heavy atom. The van der Waals surface area contributed by atoms with E-state index in [1.807, 2.05) is 26.0 Å². The first-order valence-corrected chi connectivity index (χ1v) is 7.63. The maximum atomic E-state index is 12.4. The van der Waals surface area contributed by atoms with Crippen molar-refractivity contribution < 1.29 is 9.53 Å². The van der Waals surface area contributed by atoms with Crippen LogP contribution in [-0.4, -0.2) is 49.9 Å². The topological polar surface area (TPSA) is 45.3 Å². The van der Waals surface area contributed by atoms with Gasteiger partial charge in [-0.1, -0.05) is 17.6 Å². The minimum Gasteiger partial charge on any atom is -0.461 e. The molecule has 4 nitrogen and oxygen atoms in total. The number of hydrogen-bond donors (Lipinski definition) is 1. The SMILES string of the molecule is Bc1cccc2[nH]cc(C(=O)OCC34CCN(CC3)C4)c12. The average molecular weight is 282 g/mol. The molecule has 0 spiro atoms. The summed E-state index contributed by atoms with van der Waals surface area (Å²) in [6.07, 6.45) is 4.09. The summed E-state index contributed by atoms with van der Waals surface area (Å²) in [7, 11) is 2.03. The number of carbonyl (C=O) groups is 1. The third-order valence-corrected chi connectivity index (χ3v) is 5.12. The standard InChI is InChI=1S/C16H19BN2O2/c17-12-2-1-3-13-14(12)11(8-18-13)15(20)21-10-16-4-6-19(9-16)7-5-16/h1-3,8,18H,4-7,9-10,17H2. The van der Waals surface area contributed by atoms with E-state index in [1.54, 1.807) is 6.20 Å². The van der Waals surface area contributed by atoms with Crippen molar-refractivity contribution in [3.05, 3.63) is 30.0 Å². The number of benzene rings is 1. The molecule has 1 aromatic heterocycles. The quantitative estimate of drug-likeness (QED) is 0.665. The fourth-order valence-electron chi connectivity index (χ4n) is 3.83. The molecule has 2 fully saturated rings. The van der Waals surface area contributed by atoms with E-state index in [2.05, 4.69) is 9.88 Å². The maximum Gasteiger partial charge on any atom is 0.340 e. The van der Waals surface area contributed by atoms with E-state index in [4.69, 9.17) is 4.74 Å². The molecule has 2 bridgehead atoms. The van der Waals surface area contributed by atoms with Crippen LogP contribution in [0.4, 0.5) is 0 Å². The number of esters is 1. The zero-order valence-electron chi connectivity index (χ0n) is 12.3. The van der Waals surface area contributed by atoms with Gasteiger partial charge in [0.1, 0.15) is 7.85 Å². The molecule has 2 saturated heterocycles. The van der Waals surface area contributed by atoms with E-state index < -0.39 is 0 Å². The van der Waals surface area contributed by atoms with Gasteiger partial charge in [0.25, 0.3) is 0 Å². The van der Waals surface area contributed by atoms with Crippen molar-refractivity contribution in [2.24, 2.45) is 5.41 Å². The van der Waals surface area contributed by atoms with Gasteiger partial charge in [-0.25, -0.2) is 4.79 Å². The number of nitrogens with one attached hydrogen (secondary N) is 1. The largest absolute Gasteiger partial charge is 0.461 e. The minimum absolute atomic E-state index is 0.199. The smallest absolute Gasteiger partial charge is 0.340 e. The second kappa shape index (κ2) is 4.63. The van der Waals surface area contributed by atoms with Crippen LogP contribution < -0.4 is 5.46 Å². The van der Waals surface area contributed by atoms with Crippen molar-refractivity contribution in [2.75, 3.05) is 26.2 Å². The van der Waals surface area contributed by atoms with Crippen LogP contribution >= 0.6 is 0 Å². The van der Waals surface area contributed by atoms with Gasteiger partial charge < -0.3 is 14.6 Å². The molecular weight excluding hydrogens is 263 g/mol. The lowest BCUT2D eigenvalue weighted by molar-refractivity contribution is 0.0326. The van der Waals surface area contributed by atoms with Gasteiger partial charge in [-0.3, -0.25) is 0 Å². The predicted octanol–water partition coefficient (Wildman–Crippen LogP) is 0.679. The van der Waals surface area contributed by atoms with Crippen molar-refractivity contribution in [1.29, 1.82) is 0 Å². The molecule has 0 atom stereocenters. The van der Waals surface area contributed by atoms with E-state index in [-0.39, 0.29) is 11.4 Å². The monoisotopic (exact) mass is 282 g/mol. The zero-order chi connectivity index (χ0) is 14.4. The van der Waals surface area contributed by atoms with Gasteiger partial charge in [-0.05, 0) is 32.0 Å². The summed E-state index contributed by atoms with van der Waals surface area (Å²) in [6, 6.07) is 6.01. The van der Waals surface area contributed by atoms with Crippen LogP contribution in [0.2, 0.25) is 0 Å². The highest BCUT2D eigenvalue weighted by Crippen LogP contribution is 2.40. The second-order valence-corrected chi connectivity index (χ2v) is 6.55. The maximum absolute atomic E-state index is 12.4. The highest BCUT2D eigenvalue weighted by atomic mass is 16.5. The predicted molar refractivity (Wildman–Crippen MR) is 84.9 cm³/mol. The highest BCUT2D eigenvalue weighted by molar-refractivity contribution is 6.40. The van der Waals surface area contributed by atoms with Crippen molar-refractivity contribution >= 4 is 30.2 Å². The molecule has 21 heavy (non-hydrogen) atoms. The Morgan fingerprint density at radius 2 is 2.19 bits per heavy atom. The van der Waals surface area contributed by atoms with Crippen molar-refractivity contribution in [3.8, 4) is 0 Å². The molecule has 2 aromatic rings. The lowest BCUT2D eigenvalue weighted by atomic mass is 9.86. The Morgan fingerprint density at radius 1 is 1.38 bits per heavy atom. The van der Waals surface area contributed by atoms with Gasteiger partial charge in [0.05, 0.1) is 12.2 Å². The Balaban J connectivity index is 1.54. The van der Waals surface area contributed by atoms with E-state index in [0.717, 1.165) is 48.8 Å². The molecule has 0 amide bonds. The number of nitrogens with zero attached hydrogens (tertiary/aromatic N) is 1. The molecule has 0 unspecified atom stereocenters. The third-order valence-electron chi connectivity index (χ3n) is 5.12. The lowest BCUT2D eigenvalue weighted by Gasteiger charge is -2.24. The summed E-state index contributed by atoms with van der Waals surface area (Å²) in [4.78, 5) is 18.1. The Kier molecular flexibility index (Phi) is 2.86. The Bertz CT molecular complexity index is 701. The zero-order valence-corrected chi connectivity index (χ0v) is 12.3. The molecule has 4 rings (SSSR count). The fourth-order valence-corrected chi connectivity index (χ4v) is 3.83. The van der Waals surface area contributed by atoms with Gasteiger partial charge in [0.2, 0.25) is 0 Å². The average Bonchev–Trinajstić information content (AvgIpc) is 3.19. The van der Waals surface area contributed by atoms with Gasteiger partial charge in [0, 0.05) is 29.1 Å². The molecule has 2 aliphatic rings. The van der Waals surface area contributed by atoms with E-state index in [1.165, 1.54) is 0 Å². The summed E-state index contributed by atoms with van der Waals surface area (Å²) in [6.45, 7) is 3.96. The Labute approximate surface area is 124 Å². The van der Waals surface area contributed by atoms with Crippen molar-refractivity contribution in [1.82, 2.24) is 9.88 Å². The molecule has 2 aliphatic heterocycles. The number of ether oxygens (including phenoxy) is 1. The Hall–Kier alpha value is -1.75. The highest BCUT2D eigenvalue weighted by Gasteiger charge is 2.44. The molecule has 3 heterocycles. The van der Waals surface area contributed by atoms with E-state index >= 15 is 0 Å². The minimum atomic E-state index is -0.199. The molecule has 0 radical (unpaired) electrons. The number of aromatic amines is 1. The van der Waals surface area contributed by atoms with Crippen molar-refractivity contribution in [2.45, 2.75) is 12.8 Å². The lowest BCUT2D eigenvalue weighted by Crippen LogP contribution is -2.27. The van der Waals surface area contributed by atoms with Crippen LogP contribution in [0.1, 0.15) is 23.2 Å². The number of carbonyl (C=O) groups excluding carboxylic acids is 1. The van der Waals surface area contributed by atoms with Crippen LogP contribution in [0.25, 0.3) is 10.9 Å². The fraction of sp³-hybridized carbons (Fsp3) is 0.438. The summed E-state index contributed by atoms with van der Waals surface area (Å²) in [5, 5.41) is 0.986. The number of fused-ring (bicyclic) bond motifs is 3. The van der Waals surface area contributed by atoms with E-state index in [9.17, 15) is 4.79 Å². The normalized spacial score (nSPS) is 27.3. The third kappa shape index (κ3) is 2.07. The van der Waals surface area contributed by atoms with Crippen LogP contribution in [0, 0.1) is 5.41 Å². The molecule has 1 aromatic carbocycles. The molecule has 5 heteroatoms. The first kappa shape index (κ1) is 13.0. The van der Waals surface area contributed by atoms with Crippen molar-refractivity contribution in [3.63, 3.8) is 0 Å². The summed E-state index contributed by atoms with van der Waals surface area (Å²) in [5.74, 6) is -0.199. The molecule has 0 saturated carbocycles. The van der Waals surface area contributed by atoms with Gasteiger partial charge in [-0.2, -0.15) is 0 Å². The molecule has 0 aliphatic carbocycles. The van der Waals surface area contributed by atoms with Gasteiger partial charge in [-0.15, -0.1) is 0 Å². The first-order valence-electron chi connectivity index (χ1n) is 7.63. The van der Waals surface area contributed by atoms with E-state index in [0.29, 0.717) is 12.2 Å². The summed E-state index contributed by atoms with van der Waals surface area (Å²) in [5.41, 5.74) is 2.98. The van der Waals surface area contributed by atoms with Crippen LogP contribution in [-0.2, 0) is 4.74 Å². The van der Waals surface area contributed by atoms with Crippen LogP contribution in [0.15, 0.2) is 24.4 Å². The second-order valence-electron chi connectivity index (χ2n) is 6.55. The van der Waals surface area contributed by atoms with Crippen LogP contribution in [0.5, 0.6) is 0 Å². The number of aromatic nitrogens is 1. The summed E-state index contributed by atoms with van der Waals surface area (Å²) >= 11 is 0. The van der Waals surface area contributed by atoms with Gasteiger partial charge >= 0.3 is 5.97 Å². The molecular formula is C16H19BN2O2. The summed E-state index contributed by atoms with van der Waals surface area (Å²) < 4.78 is 5.67. The van der Waals surface area contributed by atoms with Gasteiger partial charge in [0.15, 0.2) is 0 Å². The number of rotatable bonds is 3.